The topological polar surface area (TPSA) is 26.3 Å². The lowest BCUT2D eigenvalue weighted by atomic mass is 9.81. The second-order valence-electron chi connectivity index (χ2n) is 7.78. The van der Waals surface area contributed by atoms with Crippen LogP contribution in [0.5, 0.6) is 0 Å². The zero-order valence-electron chi connectivity index (χ0n) is 17.3. The fourth-order valence-electron chi connectivity index (χ4n) is 4.46. The van der Waals surface area contributed by atoms with E-state index < -0.39 is 5.60 Å². The molecule has 0 amide bonds. The van der Waals surface area contributed by atoms with Crippen LogP contribution in [0.4, 0.5) is 0 Å². The van der Waals surface area contributed by atoms with Crippen molar-refractivity contribution in [2.45, 2.75) is 11.5 Å². The zero-order valence-corrected chi connectivity index (χ0v) is 18.9. The summed E-state index contributed by atoms with van der Waals surface area (Å²) in [5.41, 5.74) is 3.48. The molecule has 3 heteroatoms. The first-order valence-corrected chi connectivity index (χ1v) is 11.4. The minimum absolute atomic E-state index is 0.256. The fraction of sp³-hybridized carbons (Fsp3) is 0.0690. The van der Waals surface area contributed by atoms with Crippen LogP contribution < -0.4 is 0 Å². The van der Waals surface area contributed by atoms with Gasteiger partial charge in [-0.25, -0.2) is 4.79 Å². The Bertz CT molecular complexity index is 1170. The number of rotatable bonds is 5. The highest BCUT2D eigenvalue weighted by atomic mass is 79.9. The highest BCUT2D eigenvalue weighted by molar-refractivity contribution is 9.11. The lowest BCUT2D eigenvalue weighted by Gasteiger charge is -2.30. The molecule has 0 spiro atoms. The van der Waals surface area contributed by atoms with Crippen LogP contribution in [0, 0.1) is 0 Å². The summed E-state index contributed by atoms with van der Waals surface area (Å²) in [4.78, 5) is 13.6. The molecule has 0 saturated heterocycles. The normalized spacial score (nSPS) is 15.1. The predicted molar refractivity (Wildman–Crippen MR) is 130 cm³/mol. The van der Waals surface area contributed by atoms with Gasteiger partial charge >= 0.3 is 5.97 Å². The summed E-state index contributed by atoms with van der Waals surface area (Å²) in [7, 11) is 0. The predicted octanol–water partition coefficient (Wildman–Crippen LogP) is 6.97. The van der Waals surface area contributed by atoms with Crippen LogP contribution in [-0.4, -0.2) is 5.97 Å². The molecular formula is C29H21BrO2. The third-order valence-corrected chi connectivity index (χ3v) is 6.91. The van der Waals surface area contributed by atoms with Crippen molar-refractivity contribution in [3.05, 3.63) is 154 Å². The largest absolute Gasteiger partial charge is 0.440 e. The summed E-state index contributed by atoms with van der Waals surface area (Å²) < 4.78 is 7.05. The molecule has 0 aromatic heterocycles. The van der Waals surface area contributed by atoms with Gasteiger partial charge in [0.05, 0.1) is 10.1 Å². The van der Waals surface area contributed by atoms with Crippen LogP contribution in [-0.2, 0) is 15.1 Å². The van der Waals surface area contributed by atoms with Crippen LogP contribution in [0.3, 0.4) is 0 Å². The SMILES string of the molecule is O=C1OC(c2ccccc2)(c2ccccc2)C(Br)=C1C(c1ccccc1)c1ccccc1. The van der Waals surface area contributed by atoms with E-state index in [-0.39, 0.29) is 11.9 Å². The first-order chi connectivity index (χ1) is 15.7. The average Bonchev–Trinajstić information content (AvgIpc) is 3.13. The molecule has 0 unspecified atom stereocenters. The van der Waals surface area contributed by atoms with Crippen LogP contribution >= 0.6 is 15.9 Å². The highest BCUT2D eigenvalue weighted by Crippen LogP contribution is 2.53. The first kappa shape index (κ1) is 20.5. The van der Waals surface area contributed by atoms with Crippen molar-refractivity contribution in [1.29, 1.82) is 0 Å². The van der Waals surface area contributed by atoms with E-state index in [1.165, 1.54) is 0 Å². The quantitative estimate of drug-likeness (QED) is 0.288. The lowest BCUT2D eigenvalue weighted by Crippen LogP contribution is -2.29. The van der Waals surface area contributed by atoms with Crippen LogP contribution in [0.15, 0.2) is 131 Å². The van der Waals surface area contributed by atoms with Gasteiger partial charge in [-0.05, 0) is 27.1 Å². The second-order valence-corrected chi connectivity index (χ2v) is 8.58. The average molecular weight is 481 g/mol. The van der Waals surface area contributed by atoms with E-state index >= 15 is 0 Å². The molecule has 4 aromatic rings. The number of benzene rings is 4. The Morgan fingerprint density at radius 2 is 0.969 bits per heavy atom. The Kier molecular flexibility index (Phi) is 5.50. The van der Waals surface area contributed by atoms with E-state index in [0.29, 0.717) is 5.57 Å². The number of esters is 1. The Labute approximate surface area is 196 Å². The van der Waals surface area contributed by atoms with Gasteiger partial charge in [0.15, 0.2) is 5.60 Å². The Morgan fingerprint density at radius 3 is 1.38 bits per heavy atom. The molecule has 1 heterocycles. The van der Waals surface area contributed by atoms with Crippen LogP contribution in [0.2, 0.25) is 0 Å². The van der Waals surface area contributed by atoms with Crippen molar-refractivity contribution < 1.29 is 9.53 Å². The standard InChI is InChI=1S/C29H21BrO2/c30-27-26(25(21-13-5-1-6-14-21)22-15-7-2-8-16-22)28(31)32-29(27,23-17-9-3-10-18-23)24-19-11-4-12-20-24/h1-20,25H. The molecule has 0 atom stereocenters. The monoisotopic (exact) mass is 480 g/mol. The van der Waals surface area contributed by atoms with E-state index in [2.05, 4.69) is 40.2 Å². The molecule has 1 aliphatic heterocycles. The van der Waals surface area contributed by atoms with Crippen molar-refractivity contribution in [2.75, 3.05) is 0 Å². The Balaban J connectivity index is 1.79. The number of cyclic esters (lactones) is 1. The Hall–Kier alpha value is -3.43. The summed E-state index contributed by atoms with van der Waals surface area (Å²) in [6, 6.07) is 40.0. The molecule has 2 nitrogen and oxygen atoms in total. The number of halogens is 1. The maximum atomic E-state index is 13.6. The summed E-state index contributed by atoms with van der Waals surface area (Å²) in [6.45, 7) is 0. The molecule has 32 heavy (non-hydrogen) atoms. The summed E-state index contributed by atoms with van der Waals surface area (Å²) in [5.74, 6) is -0.573. The molecule has 0 radical (unpaired) electrons. The van der Waals surface area contributed by atoms with Gasteiger partial charge in [-0.3, -0.25) is 0 Å². The molecular weight excluding hydrogens is 460 g/mol. The van der Waals surface area contributed by atoms with Crippen LogP contribution in [0.1, 0.15) is 28.2 Å². The number of hydrogen-bond donors (Lipinski definition) is 0. The Morgan fingerprint density at radius 1 is 0.594 bits per heavy atom. The van der Waals surface area contributed by atoms with Gasteiger partial charge < -0.3 is 4.74 Å². The molecule has 156 valence electrons. The van der Waals surface area contributed by atoms with Gasteiger partial charge in [-0.15, -0.1) is 0 Å². The summed E-state index contributed by atoms with van der Waals surface area (Å²) in [5, 5.41) is 0. The van der Waals surface area contributed by atoms with Gasteiger partial charge in [0.1, 0.15) is 0 Å². The highest BCUT2D eigenvalue weighted by Gasteiger charge is 2.51. The molecule has 0 bridgehead atoms. The molecule has 1 aliphatic rings. The minimum atomic E-state index is -1.03. The van der Waals surface area contributed by atoms with Gasteiger partial charge in [0.25, 0.3) is 0 Å². The molecule has 0 N–H and O–H groups in total. The third-order valence-electron chi connectivity index (χ3n) is 5.93. The zero-order chi connectivity index (χ0) is 22.0. The number of carbonyl (C=O) groups excluding carboxylic acids is 1. The number of carbonyl (C=O) groups is 1. The number of hydrogen-bond acceptors (Lipinski definition) is 2. The van der Waals surface area contributed by atoms with E-state index in [9.17, 15) is 4.79 Å². The van der Waals surface area contributed by atoms with Gasteiger partial charge in [-0.1, -0.05) is 121 Å². The smallest absolute Gasteiger partial charge is 0.337 e. The van der Waals surface area contributed by atoms with E-state index in [4.69, 9.17) is 4.74 Å². The number of ether oxygens (including phenoxy) is 1. The minimum Gasteiger partial charge on any atom is -0.440 e. The van der Waals surface area contributed by atoms with Gasteiger partial charge in [0.2, 0.25) is 0 Å². The second kappa shape index (κ2) is 8.60. The third kappa shape index (κ3) is 3.39. The summed E-state index contributed by atoms with van der Waals surface area (Å²) in [6.07, 6.45) is 0. The fourth-order valence-corrected chi connectivity index (χ4v) is 5.39. The van der Waals surface area contributed by atoms with Gasteiger partial charge in [-0.2, -0.15) is 0 Å². The molecule has 0 fully saturated rings. The van der Waals surface area contributed by atoms with Crippen molar-refractivity contribution in [2.24, 2.45) is 0 Å². The van der Waals surface area contributed by atoms with Crippen molar-refractivity contribution in [3.8, 4) is 0 Å². The van der Waals surface area contributed by atoms with E-state index in [1.54, 1.807) is 0 Å². The maximum Gasteiger partial charge on any atom is 0.337 e. The van der Waals surface area contributed by atoms with Crippen LogP contribution in [0.25, 0.3) is 0 Å². The lowest BCUT2D eigenvalue weighted by molar-refractivity contribution is -0.144. The van der Waals surface area contributed by atoms with Gasteiger partial charge in [0, 0.05) is 17.0 Å². The maximum absolute atomic E-state index is 13.6. The molecule has 0 aliphatic carbocycles. The van der Waals surface area contributed by atoms with E-state index in [0.717, 1.165) is 26.7 Å². The summed E-state index contributed by atoms with van der Waals surface area (Å²) >= 11 is 3.87. The molecule has 5 rings (SSSR count). The molecule has 4 aromatic carbocycles. The molecule has 0 saturated carbocycles. The van der Waals surface area contributed by atoms with Crippen molar-refractivity contribution in [1.82, 2.24) is 0 Å². The first-order valence-electron chi connectivity index (χ1n) is 10.6. The van der Waals surface area contributed by atoms with E-state index in [1.807, 2.05) is 97.1 Å². The van der Waals surface area contributed by atoms with Crippen molar-refractivity contribution in [3.63, 3.8) is 0 Å². The van der Waals surface area contributed by atoms with Crippen molar-refractivity contribution >= 4 is 21.9 Å².